The van der Waals surface area contributed by atoms with Crippen LogP contribution in [0, 0.1) is 0 Å². The number of hydrogen-bond donors (Lipinski definition) is 0. The molecule has 0 atom stereocenters. The Morgan fingerprint density at radius 3 is 1.68 bits per heavy atom. The van der Waals surface area contributed by atoms with Crippen LogP contribution in [0.15, 0.2) is 188 Å². The summed E-state index contributed by atoms with van der Waals surface area (Å²) < 4.78 is 5.27. The first-order valence-electron chi connectivity index (χ1n) is 18.0. The number of hydrogen-bond acceptors (Lipinski definition) is 3. The van der Waals surface area contributed by atoms with E-state index in [9.17, 15) is 0 Å². The van der Waals surface area contributed by atoms with Crippen molar-refractivity contribution < 1.29 is 0 Å². The van der Waals surface area contributed by atoms with E-state index in [1.807, 2.05) is 22.7 Å². The fourth-order valence-electron chi connectivity index (χ4n) is 8.13. The zero-order valence-electron chi connectivity index (χ0n) is 28.7. The topological polar surface area (TPSA) is 3.24 Å². The molecule has 0 spiro atoms. The summed E-state index contributed by atoms with van der Waals surface area (Å²) >= 11 is 3.75. The minimum absolute atomic E-state index is 1.12. The quantitative estimate of drug-likeness (QED) is 0.161. The summed E-state index contributed by atoms with van der Waals surface area (Å²) in [5.74, 6) is 0. The van der Waals surface area contributed by atoms with Crippen LogP contribution in [-0.2, 0) is 0 Å². The van der Waals surface area contributed by atoms with E-state index in [-0.39, 0.29) is 0 Å². The van der Waals surface area contributed by atoms with Crippen LogP contribution in [0.5, 0.6) is 0 Å². The predicted molar refractivity (Wildman–Crippen MR) is 233 cm³/mol. The van der Waals surface area contributed by atoms with Crippen molar-refractivity contribution in [2.45, 2.75) is 0 Å². The Kier molecular flexibility index (Phi) is 6.97. The van der Waals surface area contributed by atoms with Crippen molar-refractivity contribution in [3.8, 4) is 22.3 Å². The molecule has 9 aromatic carbocycles. The number of thiophene rings is 2. The highest BCUT2D eigenvalue weighted by Crippen LogP contribution is 2.46. The van der Waals surface area contributed by atoms with Crippen LogP contribution in [0.4, 0.5) is 17.1 Å². The Morgan fingerprint density at radius 2 is 0.868 bits per heavy atom. The molecule has 0 bridgehead atoms. The first kappa shape index (κ1) is 30.4. The second-order valence-corrected chi connectivity index (χ2v) is 15.8. The van der Waals surface area contributed by atoms with Crippen LogP contribution in [0.1, 0.15) is 0 Å². The van der Waals surface area contributed by atoms with Gasteiger partial charge in [0.05, 0.1) is 0 Å². The van der Waals surface area contributed by atoms with Crippen LogP contribution in [0.2, 0.25) is 0 Å². The van der Waals surface area contributed by atoms with Crippen molar-refractivity contribution in [1.29, 1.82) is 0 Å². The van der Waals surface area contributed by atoms with E-state index >= 15 is 0 Å². The summed E-state index contributed by atoms with van der Waals surface area (Å²) in [5.41, 5.74) is 8.42. The molecular weight excluding hydrogens is 679 g/mol. The lowest BCUT2D eigenvalue weighted by Crippen LogP contribution is -2.09. The first-order valence-corrected chi connectivity index (χ1v) is 19.6. The minimum atomic E-state index is 1.12. The lowest BCUT2D eigenvalue weighted by molar-refractivity contribution is 1.30. The summed E-state index contributed by atoms with van der Waals surface area (Å²) in [6.45, 7) is 0. The van der Waals surface area contributed by atoms with Gasteiger partial charge in [0.2, 0.25) is 0 Å². The molecular formula is C50H31NS2. The van der Waals surface area contributed by atoms with Gasteiger partial charge in [0.15, 0.2) is 0 Å². The Balaban J connectivity index is 1.10. The van der Waals surface area contributed by atoms with E-state index < -0.39 is 0 Å². The summed E-state index contributed by atoms with van der Waals surface area (Å²) in [6, 6.07) is 69.2. The van der Waals surface area contributed by atoms with Gasteiger partial charge in [-0.25, -0.2) is 0 Å². The van der Waals surface area contributed by atoms with E-state index in [0.717, 1.165) is 17.1 Å². The van der Waals surface area contributed by atoms with Gasteiger partial charge in [-0.05, 0) is 98.4 Å². The van der Waals surface area contributed by atoms with E-state index in [1.165, 1.54) is 84.1 Å². The molecule has 2 aromatic heterocycles. The third-order valence-corrected chi connectivity index (χ3v) is 13.0. The van der Waals surface area contributed by atoms with Crippen molar-refractivity contribution in [2.24, 2.45) is 0 Å². The molecule has 0 fully saturated rings. The van der Waals surface area contributed by atoms with Gasteiger partial charge >= 0.3 is 0 Å². The Bertz CT molecular complexity index is 3170. The second-order valence-electron chi connectivity index (χ2n) is 13.7. The molecule has 53 heavy (non-hydrogen) atoms. The molecule has 248 valence electrons. The zero-order valence-corrected chi connectivity index (χ0v) is 30.3. The fourth-order valence-corrected chi connectivity index (χ4v) is 10.5. The zero-order chi connectivity index (χ0) is 34.9. The Morgan fingerprint density at radius 1 is 0.321 bits per heavy atom. The van der Waals surface area contributed by atoms with Crippen LogP contribution in [0.3, 0.4) is 0 Å². The van der Waals surface area contributed by atoms with Gasteiger partial charge in [0.25, 0.3) is 0 Å². The maximum Gasteiger partial charge on any atom is 0.0468 e. The molecule has 0 aliphatic carbocycles. The molecule has 2 heterocycles. The van der Waals surface area contributed by atoms with Crippen molar-refractivity contribution >= 4 is 102 Å². The molecule has 0 amide bonds. The maximum absolute atomic E-state index is 2.42. The molecule has 0 radical (unpaired) electrons. The third kappa shape index (κ3) is 4.97. The Labute approximate surface area is 315 Å². The Hall–Kier alpha value is -6.26. The predicted octanol–water partition coefficient (Wildman–Crippen LogP) is 15.5. The summed E-state index contributed by atoms with van der Waals surface area (Å²) in [7, 11) is 0. The average Bonchev–Trinajstić information content (AvgIpc) is 3.80. The van der Waals surface area contributed by atoms with E-state index in [2.05, 4.69) is 193 Å². The van der Waals surface area contributed by atoms with Gasteiger partial charge < -0.3 is 4.90 Å². The molecule has 3 heteroatoms. The van der Waals surface area contributed by atoms with Crippen molar-refractivity contribution in [3.05, 3.63) is 188 Å². The number of anilines is 3. The lowest BCUT2D eigenvalue weighted by Gasteiger charge is -2.26. The fraction of sp³-hybridized carbons (Fsp3) is 0. The van der Waals surface area contributed by atoms with Gasteiger partial charge in [-0.3, -0.25) is 0 Å². The lowest BCUT2D eigenvalue weighted by atomic mass is 9.94. The molecule has 0 saturated heterocycles. The van der Waals surface area contributed by atoms with E-state index in [4.69, 9.17) is 0 Å². The van der Waals surface area contributed by atoms with E-state index in [1.54, 1.807) is 0 Å². The molecule has 0 unspecified atom stereocenters. The number of nitrogens with zero attached hydrogens (tertiary/aromatic N) is 1. The molecule has 11 rings (SSSR count). The van der Waals surface area contributed by atoms with Crippen LogP contribution >= 0.6 is 22.7 Å². The second kappa shape index (κ2) is 12.2. The normalized spacial score (nSPS) is 11.8. The number of benzene rings is 9. The summed E-state index contributed by atoms with van der Waals surface area (Å²) in [5, 5.41) is 10.3. The monoisotopic (exact) mass is 709 g/mol. The van der Waals surface area contributed by atoms with E-state index in [0.29, 0.717) is 0 Å². The highest BCUT2D eigenvalue weighted by Gasteiger charge is 2.19. The summed E-state index contributed by atoms with van der Waals surface area (Å²) in [6.07, 6.45) is 0. The van der Waals surface area contributed by atoms with Crippen molar-refractivity contribution in [2.75, 3.05) is 4.90 Å². The van der Waals surface area contributed by atoms with Crippen molar-refractivity contribution in [3.63, 3.8) is 0 Å². The van der Waals surface area contributed by atoms with Gasteiger partial charge in [0.1, 0.15) is 0 Å². The third-order valence-electron chi connectivity index (χ3n) is 10.7. The van der Waals surface area contributed by atoms with Crippen molar-refractivity contribution in [1.82, 2.24) is 0 Å². The maximum atomic E-state index is 2.42. The molecule has 0 aliphatic heterocycles. The van der Waals surface area contributed by atoms with Crippen LogP contribution in [-0.4, -0.2) is 0 Å². The highest BCUT2D eigenvalue weighted by molar-refractivity contribution is 7.26. The molecule has 0 saturated carbocycles. The van der Waals surface area contributed by atoms with Gasteiger partial charge in [-0.2, -0.15) is 0 Å². The molecule has 1 nitrogen and oxygen atoms in total. The van der Waals surface area contributed by atoms with Gasteiger partial charge in [0, 0.05) is 57.4 Å². The molecule has 0 aliphatic rings. The molecule has 11 aromatic rings. The number of rotatable bonds is 5. The summed E-state index contributed by atoms with van der Waals surface area (Å²) in [4.78, 5) is 2.42. The van der Waals surface area contributed by atoms with Gasteiger partial charge in [-0.15, -0.1) is 22.7 Å². The van der Waals surface area contributed by atoms with Crippen LogP contribution in [0.25, 0.3) is 84.1 Å². The standard InChI is InChI=1S/C50H31NS2/c1-2-10-32(11-3-1)41-28-27-40(49-43-15-7-9-17-47(43)53-50(41)49)34-20-23-36(24-21-34)51(38-26-29-48-45(31-38)42-14-6-8-16-46(42)52-48)37-25-22-35-19-18-33-12-4-5-13-39(33)44(35)30-37/h1-31H. The smallest absolute Gasteiger partial charge is 0.0468 e. The largest absolute Gasteiger partial charge is 0.310 e. The highest BCUT2D eigenvalue weighted by atomic mass is 32.1. The minimum Gasteiger partial charge on any atom is -0.310 e. The van der Waals surface area contributed by atoms with Crippen LogP contribution < -0.4 is 4.90 Å². The molecule has 0 N–H and O–H groups in total. The average molecular weight is 710 g/mol. The first-order chi connectivity index (χ1) is 26.3. The van der Waals surface area contributed by atoms with Gasteiger partial charge in [-0.1, -0.05) is 133 Å². The number of fused-ring (bicyclic) bond motifs is 9. The SMILES string of the molecule is c1ccc(-c2ccc(-c3ccc(N(c4ccc5ccc6ccccc6c5c4)c4ccc5sc6ccccc6c5c4)cc3)c3c2sc2ccccc23)cc1.